The van der Waals surface area contributed by atoms with E-state index in [4.69, 9.17) is 27.9 Å². The van der Waals surface area contributed by atoms with Crippen LogP contribution in [0.25, 0.3) is 0 Å². The predicted molar refractivity (Wildman–Crippen MR) is 84.2 cm³/mol. The minimum atomic E-state index is -1.05. The van der Waals surface area contributed by atoms with Gasteiger partial charge in [-0.05, 0) is 37.3 Å². The summed E-state index contributed by atoms with van der Waals surface area (Å²) in [5.41, 5.74) is 0.232. The van der Waals surface area contributed by atoms with Gasteiger partial charge in [-0.3, -0.25) is 4.79 Å². The maximum atomic E-state index is 12.9. The largest absolute Gasteiger partial charge is 0.448 e. The van der Waals surface area contributed by atoms with E-state index in [1.165, 1.54) is 19.1 Å². The molecule has 1 atom stereocenters. The number of nitrogens with one attached hydrogen (secondary N) is 1. The number of amides is 1. The first-order valence-electron chi connectivity index (χ1n) is 6.09. The molecule has 2 rings (SSSR count). The van der Waals surface area contributed by atoms with Gasteiger partial charge < -0.3 is 10.1 Å². The fraction of sp³-hybridized carbons (Fsp3) is 0.143. The Kier molecular flexibility index (Phi) is 5.39. The smallest absolute Gasteiger partial charge is 0.349 e. The fourth-order valence-corrected chi connectivity index (χ4v) is 2.66. The van der Waals surface area contributed by atoms with E-state index in [9.17, 15) is 14.0 Å². The first-order chi connectivity index (χ1) is 10.4. The van der Waals surface area contributed by atoms with Crippen LogP contribution in [0.1, 0.15) is 16.6 Å². The van der Waals surface area contributed by atoms with Crippen molar-refractivity contribution in [1.29, 1.82) is 0 Å². The molecule has 116 valence electrons. The highest BCUT2D eigenvalue weighted by Gasteiger charge is 2.20. The molecule has 0 fully saturated rings. The molecule has 4 nitrogen and oxygen atoms in total. The summed E-state index contributed by atoms with van der Waals surface area (Å²) in [4.78, 5) is 24.1. The van der Waals surface area contributed by atoms with Crippen LogP contribution in [0.2, 0.25) is 9.36 Å². The molecule has 22 heavy (non-hydrogen) atoms. The van der Waals surface area contributed by atoms with Crippen LogP contribution in [0.3, 0.4) is 0 Å². The summed E-state index contributed by atoms with van der Waals surface area (Å²) >= 11 is 12.6. The number of rotatable bonds is 4. The summed E-state index contributed by atoms with van der Waals surface area (Å²) < 4.78 is 18.4. The lowest BCUT2D eigenvalue weighted by Gasteiger charge is -2.13. The third kappa shape index (κ3) is 4.19. The van der Waals surface area contributed by atoms with Crippen molar-refractivity contribution in [2.75, 3.05) is 5.32 Å². The number of hydrogen-bond donors (Lipinski definition) is 1. The molecule has 0 aliphatic carbocycles. The highest BCUT2D eigenvalue weighted by Crippen LogP contribution is 2.24. The summed E-state index contributed by atoms with van der Waals surface area (Å²) in [5.74, 6) is -1.74. The van der Waals surface area contributed by atoms with Gasteiger partial charge in [0.25, 0.3) is 5.91 Å². The van der Waals surface area contributed by atoms with E-state index in [1.54, 1.807) is 6.07 Å². The van der Waals surface area contributed by atoms with Crippen LogP contribution in [0, 0.1) is 5.82 Å². The van der Waals surface area contributed by atoms with Crippen LogP contribution in [0.15, 0.2) is 30.3 Å². The maximum Gasteiger partial charge on any atom is 0.349 e. The van der Waals surface area contributed by atoms with Crippen LogP contribution in [0.5, 0.6) is 0 Å². The number of carbonyl (C=O) groups is 2. The normalized spacial score (nSPS) is 11.8. The number of anilines is 1. The lowest BCUT2D eigenvalue weighted by atomic mass is 10.3. The van der Waals surface area contributed by atoms with E-state index in [2.05, 4.69) is 5.32 Å². The fourth-order valence-electron chi connectivity index (χ4n) is 1.52. The van der Waals surface area contributed by atoms with Crippen molar-refractivity contribution in [2.24, 2.45) is 0 Å². The van der Waals surface area contributed by atoms with Crippen molar-refractivity contribution in [2.45, 2.75) is 13.0 Å². The SMILES string of the molecule is C[C@@H](OC(=O)c1ccc(Cl)s1)C(=O)Nc1ccc(F)cc1Cl. The maximum absolute atomic E-state index is 12.9. The molecule has 0 radical (unpaired) electrons. The van der Waals surface area contributed by atoms with Crippen LogP contribution in [-0.4, -0.2) is 18.0 Å². The third-order valence-corrected chi connectivity index (χ3v) is 4.14. The standard InChI is InChI=1S/C14H10Cl2FNO3S/c1-7(21-14(20)11-4-5-12(16)22-11)13(19)18-10-3-2-8(17)6-9(10)15/h2-7H,1H3,(H,18,19)/t7-/m1/s1. The van der Waals surface area contributed by atoms with E-state index in [-0.39, 0.29) is 10.7 Å². The second-order valence-corrected chi connectivity index (χ2v) is 6.39. The van der Waals surface area contributed by atoms with E-state index in [0.29, 0.717) is 9.21 Å². The first-order valence-corrected chi connectivity index (χ1v) is 7.66. The topological polar surface area (TPSA) is 55.4 Å². The average molecular weight is 362 g/mol. The average Bonchev–Trinajstić information content (AvgIpc) is 2.88. The van der Waals surface area contributed by atoms with E-state index in [0.717, 1.165) is 23.5 Å². The third-order valence-electron chi connectivity index (χ3n) is 2.62. The van der Waals surface area contributed by atoms with Gasteiger partial charge in [-0.1, -0.05) is 23.2 Å². The number of esters is 1. The van der Waals surface area contributed by atoms with Gasteiger partial charge in [-0.15, -0.1) is 11.3 Å². The van der Waals surface area contributed by atoms with Gasteiger partial charge in [0, 0.05) is 0 Å². The molecule has 0 unspecified atom stereocenters. The Labute approximate surface area is 139 Å². The van der Waals surface area contributed by atoms with Gasteiger partial charge in [-0.2, -0.15) is 0 Å². The minimum absolute atomic E-state index is 0.0527. The van der Waals surface area contributed by atoms with Crippen molar-refractivity contribution in [3.8, 4) is 0 Å². The molecule has 1 aromatic carbocycles. The Morgan fingerprint density at radius 3 is 2.59 bits per heavy atom. The van der Waals surface area contributed by atoms with Crippen LogP contribution < -0.4 is 5.32 Å². The van der Waals surface area contributed by atoms with Gasteiger partial charge >= 0.3 is 5.97 Å². The van der Waals surface area contributed by atoms with Gasteiger partial charge in [0.05, 0.1) is 15.0 Å². The number of carbonyl (C=O) groups excluding carboxylic acids is 2. The first kappa shape index (κ1) is 16.7. The zero-order chi connectivity index (χ0) is 16.3. The lowest BCUT2D eigenvalue weighted by molar-refractivity contribution is -0.123. The van der Waals surface area contributed by atoms with Crippen LogP contribution >= 0.6 is 34.5 Å². The molecule has 1 amide bonds. The molecule has 1 aromatic heterocycles. The summed E-state index contributed by atoms with van der Waals surface area (Å²) in [5, 5.41) is 2.51. The van der Waals surface area contributed by atoms with Gasteiger partial charge in [0.15, 0.2) is 6.10 Å². The second-order valence-electron chi connectivity index (χ2n) is 4.26. The van der Waals surface area contributed by atoms with Gasteiger partial charge in [0.1, 0.15) is 10.7 Å². The van der Waals surface area contributed by atoms with Gasteiger partial charge in [0.2, 0.25) is 0 Å². The van der Waals surface area contributed by atoms with E-state index < -0.39 is 23.8 Å². The molecule has 1 heterocycles. The molecular weight excluding hydrogens is 352 g/mol. The Morgan fingerprint density at radius 2 is 2.00 bits per heavy atom. The molecule has 0 aliphatic rings. The summed E-state index contributed by atoms with van der Waals surface area (Å²) in [6.45, 7) is 1.42. The summed E-state index contributed by atoms with van der Waals surface area (Å²) in [6, 6.07) is 6.62. The van der Waals surface area contributed by atoms with Crippen molar-refractivity contribution >= 4 is 52.1 Å². The highest BCUT2D eigenvalue weighted by atomic mass is 35.5. The number of halogens is 3. The van der Waals surface area contributed by atoms with E-state index in [1.807, 2.05) is 0 Å². The Morgan fingerprint density at radius 1 is 1.27 bits per heavy atom. The molecule has 1 N–H and O–H groups in total. The predicted octanol–water partition coefficient (Wildman–Crippen LogP) is 4.38. The summed E-state index contributed by atoms with van der Waals surface area (Å²) in [7, 11) is 0. The van der Waals surface area contributed by atoms with Crippen LogP contribution in [-0.2, 0) is 9.53 Å². The number of thiophene rings is 1. The molecule has 0 spiro atoms. The highest BCUT2D eigenvalue weighted by molar-refractivity contribution is 7.17. The monoisotopic (exact) mass is 361 g/mol. The molecule has 0 aliphatic heterocycles. The molecule has 0 bridgehead atoms. The van der Waals surface area contributed by atoms with Gasteiger partial charge in [-0.25, -0.2) is 9.18 Å². The molecule has 2 aromatic rings. The zero-order valence-electron chi connectivity index (χ0n) is 11.2. The molecule has 0 saturated heterocycles. The van der Waals surface area contributed by atoms with E-state index >= 15 is 0 Å². The Balaban J connectivity index is 1.98. The van der Waals surface area contributed by atoms with Crippen molar-refractivity contribution < 1.29 is 18.7 Å². The van der Waals surface area contributed by atoms with Crippen LogP contribution in [0.4, 0.5) is 10.1 Å². The lowest BCUT2D eigenvalue weighted by Crippen LogP contribution is -2.29. The van der Waals surface area contributed by atoms with Crippen molar-refractivity contribution in [3.63, 3.8) is 0 Å². The number of ether oxygens (including phenoxy) is 1. The number of hydrogen-bond acceptors (Lipinski definition) is 4. The second kappa shape index (κ2) is 7.09. The minimum Gasteiger partial charge on any atom is -0.448 e. The number of benzene rings is 1. The van der Waals surface area contributed by atoms with Crippen molar-refractivity contribution in [1.82, 2.24) is 0 Å². The molecule has 8 heteroatoms. The Bertz CT molecular complexity index is 720. The zero-order valence-corrected chi connectivity index (χ0v) is 13.6. The Hall–Kier alpha value is -1.63. The quantitative estimate of drug-likeness (QED) is 0.822. The van der Waals surface area contributed by atoms with Crippen molar-refractivity contribution in [3.05, 3.63) is 50.4 Å². The molecule has 0 saturated carbocycles. The summed E-state index contributed by atoms with van der Waals surface area (Å²) in [6.07, 6.45) is -1.05. The molecular formula is C14H10Cl2FNO3S.